The molecule has 0 fully saturated rings. The first-order valence-corrected chi connectivity index (χ1v) is 7.44. The molecule has 0 spiro atoms. The van der Waals surface area contributed by atoms with Crippen LogP contribution in [0.3, 0.4) is 0 Å². The Bertz CT molecular complexity index is 565. The van der Waals surface area contributed by atoms with E-state index in [1.807, 2.05) is 4.52 Å². The zero-order chi connectivity index (χ0) is 14.8. The van der Waals surface area contributed by atoms with Gasteiger partial charge in [-0.15, -0.1) is 0 Å². The van der Waals surface area contributed by atoms with Crippen LogP contribution in [0.2, 0.25) is 0 Å². The maximum absolute atomic E-state index is 4.35. The molecule has 2 aromatic rings. The average molecular weight is 274 g/mol. The molecule has 0 aromatic carbocycles. The molecule has 1 atom stereocenters. The van der Waals surface area contributed by atoms with E-state index in [0.717, 1.165) is 25.0 Å². The smallest absolute Gasteiger partial charge is 0.155 e. The summed E-state index contributed by atoms with van der Waals surface area (Å²) in [5.74, 6) is 0. The molecule has 20 heavy (non-hydrogen) atoms. The molecule has 0 bridgehead atoms. The quantitative estimate of drug-likeness (QED) is 0.911. The monoisotopic (exact) mass is 274 g/mol. The summed E-state index contributed by atoms with van der Waals surface area (Å²) in [6.07, 6.45) is 3.74. The van der Waals surface area contributed by atoms with E-state index in [4.69, 9.17) is 0 Å². The van der Waals surface area contributed by atoms with Crippen molar-refractivity contribution in [3.05, 3.63) is 29.7 Å². The van der Waals surface area contributed by atoms with Crippen LogP contribution in [0.5, 0.6) is 0 Å². The van der Waals surface area contributed by atoms with Gasteiger partial charge in [-0.05, 0) is 43.0 Å². The van der Waals surface area contributed by atoms with E-state index < -0.39 is 0 Å². The van der Waals surface area contributed by atoms with Gasteiger partial charge in [0.2, 0.25) is 0 Å². The predicted molar refractivity (Wildman–Crippen MR) is 83.0 cm³/mol. The van der Waals surface area contributed by atoms with E-state index in [1.54, 1.807) is 6.33 Å². The molecule has 0 aliphatic heterocycles. The Balaban J connectivity index is 2.30. The normalized spacial score (nSPS) is 13.8. The maximum atomic E-state index is 4.35. The lowest BCUT2D eigenvalue weighted by Gasteiger charge is -2.32. The Morgan fingerprint density at radius 3 is 2.70 bits per heavy atom. The maximum Gasteiger partial charge on any atom is 0.155 e. The van der Waals surface area contributed by atoms with Gasteiger partial charge in [0, 0.05) is 18.2 Å². The summed E-state index contributed by atoms with van der Waals surface area (Å²) in [6.45, 7) is 12.2. The lowest BCUT2D eigenvalue weighted by Crippen LogP contribution is -2.42. The highest BCUT2D eigenvalue weighted by atomic mass is 15.3. The molecule has 0 saturated carbocycles. The minimum atomic E-state index is 0.214. The van der Waals surface area contributed by atoms with Crippen LogP contribution in [0.1, 0.15) is 45.4 Å². The van der Waals surface area contributed by atoms with Crippen LogP contribution in [0.25, 0.3) is 5.65 Å². The molecule has 2 heterocycles. The lowest BCUT2D eigenvalue weighted by atomic mass is 9.83. The molecule has 4 nitrogen and oxygen atoms in total. The third-order valence-corrected chi connectivity index (χ3v) is 3.70. The third kappa shape index (κ3) is 3.37. The van der Waals surface area contributed by atoms with Crippen LogP contribution in [0.4, 0.5) is 0 Å². The fourth-order valence-corrected chi connectivity index (χ4v) is 2.50. The molecular formula is C16H26N4. The SMILES string of the molecule is CCCNC(Cc1cc(C)cc2ncnn12)C(C)(C)C. The second-order valence-corrected chi connectivity index (χ2v) is 6.63. The summed E-state index contributed by atoms with van der Waals surface area (Å²) in [5.41, 5.74) is 3.61. The highest BCUT2D eigenvalue weighted by molar-refractivity contribution is 5.41. The van der Waals surface area contributed by atoms with Crippen molar-refractivity contribution >= 4 is 5.65 Å². The highest BCUT2D eigenvalue weighted by Gasteiger charge is 2.25. The number of aryl methyl sites for hydroxylation is 1. The summed E-state index contributed by atoms with van der Waals surface area (Å²) in [6, 6.07) is 4.72. The number of hydrogen-bond acceptors (Lipinski definition) is 3. The first-order chi connectivity index (χ1) is 9.41. The minimum absolute atomic E-state index is 0.214. The van der Waals surface area contributed by atoms with E-state index in [2.05, 4.69) is 62.2 Å². The van der Waals surface area contributed by atoms with Crippen molar-refractivity contribution in [2.75, 3.05) is 6.54 Å². The molecule has 2 rings (SSSR count). The van der Waals surface area contributed by atoms with Crippen molar-refractivity contribution in [1.82, 2.24) is 19.9 Å². The zero-order valence-corrected chi connectivity index (χ0v) is 13.3. The molecule has 110 valence electrons. The second kappa shape index (κ2) is 5.92. The number of hydrogen-bond donors (Lipinski definition) is 1. The first-order valence-electron chi connectivity index (χ1n) is 7.44. The van der Waals surface area contributed by atoms with Crippen LogP contribution >= 0.6 is 0 Å². The van der Waals surface area contributed by atoms with Crippen LogP contribution in [0, 0.1) is 12.3 Å². The van der Waals surface area contributed by atoms with Crippen LogP contribution in [-0.4, -0.2) is 27.2 Å². The Morgan fingerprint density at radius 2 is 2.05 bits per heavy atom. The van der Waals surface area contributed by atoms with Gasteiger partial charge in [0.25, 0.3) is 0 Å². The molecule has 0 aliphatic carbocycles. The van der Waals surface area contributed by atoms with Gasteiger partial charge in [0.15, 0.2) is 5.65 Å². The summed E-state index contributed by atoms with van der Waals surface area (Å²) in [7, 11) is 0. The van der Waals surface area contributed by atoms with Gasteiger partial charge >= 0.3 is 0 Å². The molecular weight excluding hydrogens is 248 g/mol. The molecule has 0 saturated heterocycles. The fraction of sp³-hybridized carbons (Fsp3) is 0.625. The number of nitrogens with zero attached hydrogens (tertiary/aromatic N) is 3. The van der Waals surface area contributed by atoms with Gasteiger partial charge in [0.05, 0.1) is 0 Å². The molecule has 1 unspecified atom stereocenters. The first kappa shape index (κ1) is 15.0. The standard InChI is InChI=1S/C16H26N4/c1-6-7-17-14(16(3,4)5)10-13-8-12(2)9-15-18-11-19-20(13)15/h8-9,11,14,17H,6-7,10H2,1-5H3. The summed E-state index contributed by atoms with van der Waals surface area (Å²) >= 11 is 0. The van der Waals surface area contributed by atoms with Crippen molar-refractivity contribution in [3.63, 3.8) is 0 Å². The van der Waals surface area contributed by atoms with Gasteiger partial charge in [-0.1, -0.05) is 27.7 Å². The number of rotatable bonds is 5. The van der Waals surface area contributed by atoms with Gasteiger partial charge in [0.1, 0.15) is 6.33 Å². The van der Waals surface area contributed by atoms with Crippen molar-refractivity contribution in [3.8, 4) is 0 Å². The highest BCUT2D eigenvalue weighted by Crippen LogP contribution is 2.23. The lowest BCUT2D eigenvalue weighted by molar-refractivity contribution is 0.264. The van der Waals surface area contributed by atoms with Gasteiger partial charge in [-0.2, -0.15) is 5.10 Å². The molecule has 4 heteroatoms. The van der Waals surface area contributed by atoms with Crippen molar-refractivity contribution in [2.24, 2.45) is 5.41 Å². The molecule has 0 radical (unpaired) electrons. The Hall–Kier alpha value is -1.42. The fourth-order valence-electron chi connectivity index (χ4n) is 2.50. The number of pyridine rings is 1. The summed E-state index contributed by atoms with van der Waals surface area (Å²) < 4.78 is 1.96. The molecule has 1 N–H and O–H groups in total. The van der Waals surface area contributed by atoms with E-state index in [9.17, 15) is 0 Å². The molecule has 2 aromatic heterocycles. The van der Waals surface area contributed by atoms with E-state index >= 15 is 0 Å². The van der Waals surface area contributed by atoms with Gasteiger partial charge < -0.3 is 5.32 Å². The van der Waals surface area contributed by atoms with Crippen molar-refractivity contribution < 1.29 is 0 Å². The van der Waals surface area contributed by atoms with Gasteiger partial charge in [-0.25, -0.2) is 9.50 Å². The second-order valence-electron chi connectivity index (χ2n) is 6.63. The van der Waals surface area contributed by atoms with E-state index in [-0.39, 0.29) is 5.41 Å². The molecule has 0 amide bonds. The average Bonchev–Trinajstić information content (AvgIpc) is 2.80. The Morgan fingerprint density at radius 1 is 1.30 bits per heavy atom. The van der Waals surface area contributed by atoms with Crippen LogP contribution in [-0.2, 0) is 6.42 Å². The number of aromatic nitrogens is 3. The topological polar surface area (TPSA) is 42.2 Å². The predicted octanol–water partition coefficient (Wildman–Crippen LogP) is 2.99. The number of nitrogens with one attached hydrogen (secondary N) is 1. The number of fused-ring (bicyclic) bond motifs is 1. The Labute approximate surface area is 121 Å². The van der Waals surface area contributed by atoms with Crippen molar-refractivity contribution in [2.45, 2.75) is 53.5 Å². The summed E-state index contributed by atoms with van der Waals surface area (Å²) in [5, 5.41) is 8.03. The minimum Gasteiger partial charge on any atom is -0.313 e. The third-order valence-electron chi connectivity index (χ3n) is 3.70. The van der Waals surface area contributed by atoms with Crippen LogP contribution in [0.15, 0.2) is 18.5 Å². The Kier molecular flexibility index (Phi) is 4.43. The van der Waals surface area contributed by atoms with Crippen LogP contribution < -0.4 is 5.32 Å². The van der Waals surface area contributed by atoms with Crippen molar-refractivity contribution in [1.29, 1.82) is 0 Å². The van der Waals surface area contributed by atoms with E-state index in [0.29, 0.717) is 6.04 Å². The van der Waals surface area contributed by atoms with E-state index in [1.165, 1.54) is 11.3 Å². The largest absolute Gasteiger partial charge is 0.313 e. The molecule has 0 aliphatic rings. The zero-order valence-electron chi connectivity index (χ0n) is 13.3. The summed E-state index contributed by atoms with van der Waals surface area (Å²) in [4.78, 5) is 4.30. The van der Waals surface area contributed by atoms with Gasteiger partial charge in [-0.3, -0.25) is 0 Å².